The summed E-state index contributed by atoms with van der Waals surface area (Å²) in [5, 5.41) is 0.595. The number of halogens is 1. The zero-order valence-electron chi connectivity index (χ0n) is 12.8. The van der Waals surface area contributed by atoms with E-state index >= 15 is 0 Å². The van der Waals surface area contributed by atoms with Crippen LogP contribution in [0.2, 0.25) is 5.02 Å². The summed E-state index contributed by atoms with van der Waals surface area (Å²) >= 11 is 5.95. The van der Waals surface area contributed by atoms with E-state index in [1.165, 1.54) is 0 Å². The van der Waals surface area contributed by atoms with Crippen LogP contribution in [0.25, 0.3) is 0 Å². The predicted octanol–water partition coefficient (Wildman–Crippen LogP) is 4.16. The van der Waals surface area contributed by atoms with Crippen LogP contribution >= 0.6 is 11.6 Å². The summed E-state index contributed by atoms with van der Waals surface area (Å²) in [6, 6.07) is 17.0. The highest BCUT2D eigenvalue weighted by atomic mass is 35.5. The number of hydrogen-bond acceptors (Lipinski definition) is 2. The topological polar surface area (TPSA) is 29.5 Å². The van der Waals surface area contributed by atoms with Crippen molar-refractivity contribution in [3.8, 4) is 5.75 Å². The average Bonchev–Trinajstić information content (AvgIpc) is 2.53. The van der Waals surface area contributed by atoms with E-state index in [0.29, 0.717) is 23.7 Å². The van der Waals surface area contributed by atoms with Crippen LogP contribution in [-0.2, 0) is 11.3 Å². The fourth-order valence-corrected chi connectivity index (χ4v) is 2.37. The molecule has 0 aliphatic rings. The van der Waals surface area contributed by atoms with Crippen molar-refractivity contribution in [2.45, 2.75) is 26.0 Å². The maximum Gasteiger partial charge on any atom is 0.263 e. The van der Waals surface area contributed by atoms with Crippen molar-refractivity contribution < 1.29 is 9.53 Å². The third kappa shape index (κ3) is 4.50. The van der Waals surface area contributed by atoms with Gasteiger partial charge < -0.3 is 9.64 Å². The van der Waals surface area contributed by atoms with Crippen molar-refractivity contribution in [3.05, 3.63) is 65.2 Å². The Kier molecular flexibility index (Phi) is 5.84. The predicted molar refractivity (Wildman–Crippen MR) is 89.1 cm³/mol. The normalized spacial score (nSPS) is 11.8. The third-order valence-corrected chi connectivity index (χ3v) is 3.59. The van der Waals surface area contributed by atoms with Gasteiger partial charge in [0.15, 0.2) is 6.10 Å². The molecule has 0 spiro atoms. The SMILES string of the molecule is CC[C@@H](Oc1cccc(Cl)c1)C(=O)N(C)Cc1ccccc1. The van der Waals surface area contributed by atoms with Gasteiger partial charge in [-0.15, -0.1) is 0 Å². The van der Waals surface area contributed by atoms with Crippen molar-refractivity contribution in [1.29, 1.82) is 0 Å². The van der Waals surface area contributed by atoms with Crippen molar-refractivity contribution >= 4 is 17.5 Å². The molecule has 0 unspecified atom stereocenters. The molecule has 116 valence electrons. The van der Waals surface area contributed by atoms with Gasteiger partial charge in [0, 0.05) is 18.6 Å². The summed E-state index contributed by atoms with van der Waals surface area (Å²) in [5.74, 6) is 0.576. The second-order valence-electron chi connectivity index (χ2n) is 5.15. The van der Waals surface area contributed by atoms with Crippen LogP contribution in [0, 0.1) is 0 Å². The Morgan fingerprint density at radius 1 is 1.18 bits per heavy atom. The molecule has 0 N–H and O–H groups in total. The molecule has 1 amide bonds. The van der Waals surface area contributed by atoms with Crippen LogP contribution < -0.4 is 4.74 Å². The number of carbonyl (C=O) groups is 1. The van der Waals surface area contributed by atoms with Crippen molar-refractivity contribution in [1.82, 2.24) is 4.90 Å². The van der Waals surface area contributed by atoms with E-state index in [9.17, 15) is 4.79 Å². The Morgan fingerprint density at radius 2 is 1.91 bits per heavy atom. The molecular formula is C18H20ClNO2. The quantitative estimate of drug-likeness (QED) is 0.800. The molecule has 2 rings (SSSR count). The largest absolute Gasteiger partial charge is 0.481 e. The van der Waals surface area contributed by atoms with Crippen molar-refractivity contribution in [3.63, 3.8) is 0 Å². The van der Waals surface area contributed by atoms with E-state index in [4.69, 9.17) is 16.3 Å². The van der Waals surface area contributed by atoms with Gasteiger partial charge in [-0.25, -0.2) is 0 Å². The molecule has 4 heteroatoms. The van der Waals surface area contributed by atoms with E-state index in [1.54, 1.807) is 30.1 Å². The van der Waals surface area contributed by atoms with Crippen molar-refractivity contribution in [2.24, 2.45) is 0 Å². The minimum absolute atomic E-state index is 0.0358. The number of amides is 1. The number of carbonyl (C=O) groups excluding carboxylic acids is 1. The van der Waals surface area contributed by atoms with E-state index < -0.39 is 6.10 Å². The number of hydrogen-bond donors (Lipinski definition) is 0. The molecule has 0 aliphatic carbocycles. The van der Waals surface area contributed by atoms with Gasteiger partial charge in [0.25, 0.3) is 5.91 Å². The first-order valence-electron chi connectivity index (χ1n) is 7.31. The summed E-state index contributed by atoms with van der Waals surface area (Å²) in [5.41, 5.74) is 1.09. The Bertz CT molecular complexity index is 615. The molecule has 2 aromatic carbocycles. The summed E-state index contributed by atoms with van der Waals surface area (Å²) in [6.07, 6.45) is 0.0944. The Balaban J connectivity index is 2.01. The molecule has 0 fully saturated rings. The summed E-state index contributed by atoms with van der Waals surface area (Å²) in [4.78, 5) is 14.2. The average molecular weight is 318 g/mol. The standard InChI is InChI=1S/C18H20ClNO2/c1-3-17(22-16-11-7-10-15(19)12-16)18(21)20(2)13-14-8-5-4-6-9-14/h4-12,17H,3,13H2,1-2H3/t17-/m1/s1. The van der Waals surface area contributed by atoms with E-state index in [1.807, 2.05) is 43.3 Å². The van der Waals surface area contributed by atoms with Gasteiger partial charge in [0.05, 0.1) is 0 Å². The second kappa shape index (κ2) is 7.85. The maximum absolute atomic E-state index is 12.5. The van der Waals surface area contributed by atoms with E-state index in [-0.39, 0.29) is 5.91 Å². The maximum atomic E-state index is 12.5. The van der Waals surface area contributed by atoms with Gasteiger partial charge in [-0.2, -0.15) is 0 Å². The first kappa shape index (κ1) is 16.4. The molecule has 0 heterocycles. The Morgan fingerprint density at radius 3 is 2.55 bits per heavy atom. The lowest BCUT2D eigenvalue weighted by Gasteiger charge is -2.24. The van der Waals surface area contributed by atoms with Crippen LogP contribution in [0.5, 0.6) is 5.75 Å². The molecule has 3 nitrogen and oxygen atoms in total. The first-order chi connectivity index (χ1) is 10.6. The molecule has 0 aromatic heterocycles. The fourth-order valence-electron chi connectivity index (χ4n) is 2.19. The lowest BCUT2D eigenvalue weighted by atomic mass is 10.2. The molecular weight excluding hydrogens is 298 g/mol. The molecule has 0 bridgehead atoms. The van der Waals surface area contributed by atoms with Gasteiger partial charge in [0.2, 0.25) is 0 Å². The Labute approximate surface area is 136 Å². The lowest BCUT2D eigenvalue weighted by molar-refractivity contribution is -0.138. The summed E-state index contributed by atoms with van der Waals surface area (Å²) in [7, 11) is 1.79. The van der Waals surface area contributed by atoms with E-state index in [2.05, 4.69) is 0 Å². The highest BCUT2D eigenvalue weighted by Gasteiger charge is 2.22. The monoisotopic (exact) mass is 317 g/mol. The minimum atomic E-state index is -0.507. The number of likely N-dealkylation sites (N-methyl/N-ethyl adjacent to an activating group) is 1. The fraction of sp³-hybridized carbons (Fsp3) is 0.278. The molecule has 2 aromatic rings. The highest BCUT2D eigenvalue weighted by molar-refractivity contribution is 6.30. The van der Waals surface area contributed by atoms with Crippen molar-refractivity contribution in [2.75, 3.05) is 7.05 Å². The highest BCUT2D eigenvalue weighted by Crippen LogP contribution is 2.20. The molecule has 1 atom stereocenters. The van der Waals surface area contributed by atoms with Gasteiger partial charge in [0.1, 0.15) is 5.75 Å². The smallest absolute Gasteiger partial charge is 0.263 e. The molecule has 0 saturated carbocycles. The minimum Gasteiger partial charge on any atom is -0.481 e. The van der Waals surface area contributed by atoms with Crippen LogP contribution in [-0.4, -0.2) is 24.0 Å². The first-order valence-corrected chi connectivity index (χ1v) is 7.69. The molecule has 0 saturated heterocycles. The van der Waals surface area contributed by atoms with Crippen LogP contribution in [0.1, 0.15) is 18.9 Å². The number of ether oxygens (including phenoxy) is 1. The van der Waals surface area contributed by atoms with Gasteiger partial charge in [-0.05, 0) is 30.2 Å². The van der Waals surface area contributed by atoms with E-state index in [0.717, 1.165) is 5.56 Å². The van der Waals surface area contributed by atoms with Gasteiger partial charge in [-0.3, -0.25) is 4.79 Å². The van der Waals surface area contributed by atoms with Crippen LogP contribution in [0.15, 0.2) is 54.6 Å². The number of nitrogens with zero attached hydrogens (tertiary/aromatic N) is 1. The van der Waals surface area contributed by atoms with Crippen LogP contribution in [0.4, 0.5) is 0 Å². The van der Waals surface area contributed by atoms with Gasteiger partial charge >= 0.3 is 0 Å². The summed E-state index contributed by atoms with van der Waals surface area (Å²) < 4.78 is 5.79. The number of benzene rings is 2. The molecule has 0 aliphatic heterocycles. The Hall–Kier alpha value is -2.00. The number of rotatable bonds is 6. The summed E-state index contributed by atoms with van der Waals surface area (Å²) in [6.45, 7) is 2.50. The van der Waals surface area contributed by atoms with Crippen LogP contribution in [0.3, 0.4) is 0 Å². The van der Waals surface area contributed by atoms with Gasteiger partial charge in [-0.1, -0.05) is 54.9 Å². The molecule has 22 heavy (non-hydrogen) atoms. The second-order valence-corrected chi connectivity index (χ2v) is 5.59. The zero-order chi connectivity index (χ0) is 15.9. The zero-order valence-corrected chi connectivity index (χ0v) is 13.6. The lowest BCUT2D eigenvalue weighted by Crippen LogP contribution is -2.39. The third-order valence-electron chi connectivity index (χ3n) is 3.36. The molecule has 0 radical (unpaired) electrons.